The second-order valence-electron chi connectivity index (χ2n) is 3.38. The average Bonchev–Trinajstić information content (AvgIpc) is 2.16. The van der Waals surface area contributed by atoms with Gasteiger partial charge >= 0.3 is 5.97 Å². The molecule has 0 aliphatic carbocycles. The Kier molecular flexibility index (Phi) is 3.84. The molecule has 86 valence electrons. The van der Waals surface area contributed by atoms with Crippen molar-refractivity contribution in [1.82, 2.24) is 0 Å². The molecule has 0 aliphatic rings. The first-order valence-electron chi connectivity index (χ1n) is 4.56. The second-order valence-corrected chi connectivity index (χ2v) is 3.78. The van der Waals surface area contributed by atoms with Gasteiger partial charge in [-0.3, -0.25) is 10.1 Å². The number of ether oxygens (including phenoxy) is 1. The molecule has 0 spiro atoms. The first-order valence-corrected chi connectivity index (χ1v) is 4.94. The van der Waals surface area contributed by atoms with Gasteiger partial charge in [0.05, 0.1) is 21.6 Å². The van der Waals surface area contributed by atoms with Gasteiger partial charge in [-0.2, -0.15) is 0 Å². The lowest BCUT2D eigenvalue weighted by Crippen LogP contribution is -2.12. The minimum atomic E-state index is -0.663. The van der Waals surface area contributed by atoms with Crippen molar-refractivity contribution in [1.29, 1.82) is 0 Å². The van der Waals surface area contributed by atoms with E-state index in [0.29, 0.717) is 0 Å². The van der Waals surface area contributed by atoms with Gasteiger partial charge in [0, 0.05) is 12.1 Å². The van der Waals surface area contributed by atoms with Crippen LogP contribution in [0.3, 0.4) is 0 Å². The molecule has 0 atom stereocenters. The molecule has 1 aromatic rings. The molecule has 1 rings (SSSR count). The standard InChI is InChI=1S/C10H10ClNO4/c1-6(2)16-10(13)8-5-7(12(14)15)3-4-9(8)11/h3-6H,1-2H3. The predicted molar refractivity (Wildman–Crippen MR) is 58.7 cm³/mol. The molecule has 0 unspecified atom stereocenters. The third-order valence-corrected chi connectivity index (χ3v) is 2.05. The molecule has 5 nitrogen and oxygen atoms in total. The Hall–Kier alpha value is -1.62. The molecule has 0 saturated carbocycles. The number of hydrogen-bond acceptors (Lipinski definition) is 4. The number of hydrogen-bond donors (Lipinski definition) is 0. The molecular weight excluding hydrogens is 234 g/mol. The van der Waals surface area contributed by atoms with Crippen LogP contribution in [0.25, 0.3) is 0 Å². The second kappa shape index (κ2) is 4.94. The number of carbonyl (C=O) groups is 1. The van der Waals surface area contributed by atoms with Crippen LogP contribution in [-0.2, 0) is 4.74 Å². The number of nitrogens with zero attached hydrogens (tertiary/aromatic N) is 1. The molecule has 0 bridgehead atoms. The van der Waals surface area contributed by atoms with Crippen molar-refractivity contribution in [2.75, 3.05) is 0 Å². The summed E-state index contributed by atoms with van der Waals surface area (Å²) in [4.78, 5) is 21.4. The highest BCUT2D eigenvalue weighted by Gasteiger charge is 2.17. The summed E-state index contributed by atoms with van der Waals surface area (Å²) in [7, 11) is 0. The quantitative estimate of drug-likeness (QED) is 0.465. The van der Waals surface area contributed by atoms with Crippen molar-refractivity contribution >= 4 is 23.3 Å². The number of esters is 1. The zero-order valence-electron chi connectivity index (χ0n) is 8.77. The first kappa shape index (κ1) is 12.4. The van der Waals surface area contributed by atoms with E-state index in [1.807, 2.05) is 0 Å². The third kappa shape index (κ3) is 2.93. The van der Waals surface area contributed by atoms with Crippen LogP contribution in [0.4, 0.5) is 5.69 Å². The summed E-state index contributed by atoms with van der Waals surface area (Å²) in [6.45, 7) is 3.37. The van der Waals surface area contributed by atoms with Crippen LogP contribution in [0.15, 0.2) is 18.2 Å². The van der Waals surface area contributed by atoms with E-state index in [1.165, 1.54) is 12.1 Å². The van der Waals surface area contributed by atoms with Gasteiger partial charge in [-0.05, 0) is 19.9 Å². The van der Waals surface area contributed by atoms with Crippen molar-refractivity contribution in [2.24, 2.45) is 0 Å². The zero-order valence-corrected chi connectivity index (χ0v) is 9.52. The lowest BCUT2D eigenvalue weighted by molar-refractivity contribution is -0.384. The van der Waals surface area contributed by atoms with E-state index in [0.717, 1.165) is 6.07 Å². The Morgan fingerprint density at radius 3 is 2.62 bits per heavy atom. The van der Waals surface area contributed by atoms with E-state index in [-0.39, 0.29) is 22.4 Å². The molecule has 0 saturated heterocycles. The number of rotatable bonds is 3. The molecule has 0 amide bonds. The summed E-state index contributed by atoms with van der Waals surface area (Å²) in [5.41, 5.74) is -0.190. The normalized spacial score (nSPS) is 10.2. The fourth-order valence-electron chi connectivity index (χ4n) is 1.06. The van der Waals surface area contributed by atoms with Gasteiger partial charge in [0.25, 0.3) is 5.69 Å². The van der Waals surface area contributed by atoms with Crippen LogP contribution in [-0.4, -0.2) is 17.0 Å². The Balaban J connectivity index is 3.07. The Morgan fingerprint density at radius 2 is 2.12 bits per heavy atom. The van der Waals surface area contributed by atoms with Gasteiger partial charge in [-0.25, -0.2) is 4.79 Å². The van der Waals surface area contributed by atoms with E-state index in [1.54, 1.807) is 13.8 Å². The maximum absolute atomic E-state index is 11.5. The molecule has 0 fully saturated rings. The van der Waals surface area contributed by atoms with Crippen LogP contribution in [0, 0.1) is 10.1 Å². The van der Waals surface area contributed by atoms with Crippen molar-refractivity contribution in [2.45, 2.75) is 20.0 Å². The SMILES string of the molecule is CC(C)OC(=O)c1cc([N+](=O)[O-])ccc1Cl. The average molecular weight is 244 g/mol. The summed E-state index contributed by atoms with van der Waals surface area (Å²) >= 11 is 5.76. The number of carbonyl (C=O) groups excluding carboxylic acids is 1. The highest BCUT2D eigenvalue weighted by atomic mass is 35.5. The Labute approximate surface area is 97.1 Å². The van der Waals surface area contributed by atoms with E-state index in [4.69, 9.17) is 16.3 Å². The maximum Gasteiger partial charge on any atom is 0.340 e. The van der Waals surface area contributed by atoms with Crippen LogP contribution < -0.4 is 0 Å². The molecule has 6 heteroatoms. The van der Waals surface area contributed by atoms with Crippen LogP contribution >= 0.6 is 11.6 Å². The predicted octanol–water partition coefficient (Wildman–Crippen LogP) is 2.81. The molecule has 0 aromatic heterocycles. The largest absolute Gasteiger partial charge is 0.459 e. The topological polar surface area (TPSA) is 69.4 Å². The summed E-state index contributed by atoms with van der Waals surface area (Å²) in [6, 6.07) is 3.64. The highest BCUT2D eigenvalue weighted by molar-refractivity contribution is 6.33. The smallest absolute Gasteiger partial charge is 0.340 e. The first-order chi connectivity index (χ1) is 7.41. The minimum Gasteiger partial charge on any atom is -0.459 e. The van der Waals surface area contributed by atoms with Gasteiger partial charge in [0.2, 0.25) is 0 Å². The summed E-state index contributed by atoms with van der Waals surface area (Å²) < 4.78 is 4.91. The number of non-ortho nitro benzene ring substituents is 1. The van der Waals surface area contributed by atoms with Crippen molar-refractivity contribution in [3.8, 4) is 0 Å². The van der Waals surface area contributed by atoms with Gasteiger partial charge < -0.3 is 4.74 Å². The molecule has 0 heterocycles. The van der Waals surface area contributed by atoms with E-state index in [2.05, 4.69) is 0 Å². The fourth-order valence-corrected chi connectivity index (χ4v) is 1.26. The molecule has 0 N–H and O–H groups in total. The fraction of sp³-hybridized carbons (Fsp3) is 0.300. The number of halogens is 1. The molecular formula is C10H10ClNO4. The molecule has 1 aromatic carbocycles. The number of benzene rings is 1. The van der Waals surface area contributed by atoms with Gasteiger partial charge in [0.1, 0.15) is 0 Å². The summed E-state index contributed by atoms with van der Waals surface area (Å²) in [6.07, 6.45) is -0.303. The Morgan fingerprint density at radius 1 is 1.50 bits per heavy atom. The van der Waals surface area contributed by atoms with Gasteiger partial charge in [0.15, 0.2) is 0 Å². The molecule has 16 heavy (non-hydrogen) atoms. The van der Waals surface area contributed by atoms with Crippen LogP contribution in [0.2, 0.25) is 5.02 Å². The van der Waals surface area contributed by atoms with E-state index in [9.17, 15) is 14.9 Å². The summed E-state index contributed by atoms with van der Waals surface area (Å²) in [5.74, 6) is -0.663. The van der Waals surface area contributed by atoms with Gasteiger partial charge in [-0.15, -0.1) is 0 Å². The van der Waals surface area contributed by atoms with Gasteiger partial charge in [-0.1, -0.05) is 11.6 Å². The number of nitro benzene ring substituents is 1. The summed E-state index contributed by atoms with van der Waals surface area (Å²) in [5, 5.41) is 10.7. The van der Waals surface area contributed by atoms with Crippen molar-refractivity contribution in [3.05, 3.63) is 38.9 Å². The monoisotopic (exact) mass is 243 g/mol. The zero-order chi connectivity index (χ0) is 12.3. The lowest BCUT2D eigenvalue weighted by atomic mass is 10.2. The van der Waals surface area contributed by atoms with Crippen LogP contribution in [0.5, 0.6) is 0 Å². The van der Waals surface area contributed by atoms with E-state index >= 15 is 0 Å². The number of nitro groups is 1. The maximum atomic E-state index is 11.5. The Bertz CT molecular complexity index is 431. The molecule has 0 radical (unpaired) electrons. The van der Waals surface area contributed by atoms with Crippen molar-refractivity contribution < 1.29 is 14.5 Å². The third-order valence-electron chi connectivity index (χ3n) is 1.72. The van der Waals surface area contributed by atoms with Crippen molar-refractivity contribution in [3.63, 3.8) is 0 Å². The lowest BCUT2D eigenvalue weighted by Gasteiger charge is -2.08. The van der Waals surface area contributed by atoms with Crippen LogP contribution in [0.1, 0.15) is 24.2 Å². The minimum absolute atomic E-state index is 0.00423. The molecule has 0 aliphatic heterocycles. The van der Waals surface area contributed by atoms with E-state index < -0.39 is 10.9 Å². The highest BCUT2D eigenvalue weighted by Crippen LogP contribution is 2.23.